The van der Waals surface area contributed by atoms with E-state index in [1.807, 2.05) is 11.1 Å². The van der Waals surface area contributed by atoms with Gasteiger partial charge in [-0.1, -0.05) is 45.4 Å². The fourth-order valence-electron chi connectivity index (χ4n) is 8.84. The van der Waals surface area contributed by atoms with E-state index in [0.717, 1.165) is 35.5 Å². The molecule has 24 heavy (non-hydrogen) atoms. The van der Waals surface area contributed by atoms with Crippen LogP contribution < -0.4 is 0 Å². The van der Waals surface area contributed by atoms with E-state index in [1.54, 1.807) is 38.5 Å². The predicted octanol–water partition coefficient (Wildman–Crippen LogP) is 6.78. The summed E-state index contributed by atoms with van der Waals surface area (Å²) in [5.41, 5.74) is 4.85. The van der Waals surface area contributed by atoms with Crippen LogP contribution in [0.1, 0.15) is 79.1 Å². The fraction of sp³-hybridized carbons (Fsp3) is 0.833. The van der Waals surface area contributed by atoms with Crippen molar-refractivity contribution in [3.63, 3.8) is 0 Å². The molecule has 2 atom stereocenters. The van der Waals surface area contributed by atoms with Crippen LogP contribution in [-0.4, -0.2) is 0 Å². The highest BCUT2D eigenvalue weighted by Gasteiger charge is 2.64. The maximum absolute atomic E-state index is 2.59. The second kappa shape index (κ2) is 5.01. The second-order valence-corrected chi connectivity index (χ2v) is 10.9. The zero-order valence-corrected chi connectivity index (χ0v) is 16.3. The molecule has 0 N–H and O–H groups in total. The first-order valence-corrected chi connectivity index (χ1v) is 10.9. The molecule has 4 saturated carbocycles. The SMILES string of the molecule is CC(C)C1CC(C(C)C)(C23CC4CC(CC(C4)C2)C3)C2=C1CC=C2. The molecule has 2 unspecified atom stereocenters. The van der Waals surface area contributed by atoms with Crippen LogP contribution >= 0.6 is 0 Å². The van der Waals surface area contributed by atoms with Crippen molar-refractivity contribution >= 4 is 0 Å². The van der Waals surface area contributed by atoms with Crippen molar-refractivity contribution in [1.82, 2.24) is 0 Å². The highest BCUT2D eigenvalue weighted by Crippen LogP contribution is 2.74. The summed E-state index contributed by atoms with van der Waals surface area (Å²) in [6, 6.07) is 0. The Hall–Kier alpha value is -0.520. The lowest BCUT2D eigenvalue weighted by molar-refractivity contribution is -0.135. The summed E-state index contributed by atoms with van der Waals surface area (Å²) in [4.78, 5) is 0. The number of rotatable bonds is 3. The van der Waals surface area contributed by atoms with E-state index in [2.05, 4.69) is 39.8 Å². The average Bonchev–Trinajstić information content (AvgIpc) is 3.05. The van der Waals surface area contributed by atoms with Crippen LogP contribution in [0, 0.1) is 46.3 Å². The Balaban J connectivity index is 1.65. The maximum atomic E-state index is 2.59. The highest BCUT2D eigenvalue weighted by molar-refractivity contribution is 5.47. The Labute approximate surface area is 149 Å². The lowest BCUT2D eigenvalue weighted by Gasteiger charge is -2.65. The number of hydrogen-bond acceptors (Lipinski definition) is 0. The molecule has 4 bridgehead atoms. The van der Waals surface area contributed by atoms with E-state index in [4.69, 9.17) is 0 Å². The van der Waals surface area contributed by atoms with Gasteiger partial charge in [-0.2, -0.15) is 0 Å². The summed E-state index contributed by atoms with van der Waals surface area (Å²) in [7, 11) is 0. The van der Waals surface area contributed by atoms with Gasteiger partial charge in [-0.25, -0.2) is 0 Å². The van der Waals surface area contributed by atoms with Crippen LogP contribution in [0.15, 0.2) is 23.3 Å². The van der Waals surface area contributed by atoms with E-state index in [9.17, 15) is 0 Å². The summed E-state index contributed by atoms with van der Waals surface area (Å²) in [5, 5.41) is 0. The van der Waals surface area contributed by atoms with Crippen LogP contribution in [0.2, 0.25) is 0 Å². The van der Waals surface area contributed by atoms with Gasteiger partial charge in [0.05, 0.1) is 0 Å². The van der Waals surface area contributed by atoms with Crippen molar-refractivity contribution in [2.75, 3.05) is 0 Å². The molecule has 0 nitrogen and oxygen atoms in total. The Morgan fingerprint density at radius 2 is 1.46 bits per heavy atom. The molecule has 6 aliphatic rings. The zero-order chi connectivity index (χ0) is 16.7. The molecule has 0 aliphatic heterocycles. The third-order valence-electron chi connectivity index (χ3n) is 9.21. The Morgan fingerprint density at radius 3 is 1.96 bits per heavy atom. The van der Waals surface area contributed by atoms with Crippen LogP contribution in [-0.2, 0) is 0 Å². The van der Waals surface area contributed by atoms with Crippen molar-refractivity contribution in [2.24, 2.45) is 46.3 Å². The Kier molecular flexibility index (Phi) is 3.28. The summed E-state index contributed by atoms with van der Waals surface area (Å²) >= 11 is 0. The molecule has 0 aromatic heterocycles. The molecule has 0 aromatic carbocycles. The van der Waals surface area contributed by atoms with E-state index >= 15 is 0 Å². The first kappa shape index (κ1) is 15.7. The lowest BCUT2D eigenvalue weighted by atomic mass is 9.39. The molecule has 0 aromatic rings. The lowest BCUT2D eigenvalue weighted by Crippen LogP contribution is -2.56. The second-order valence-electron chi connectivity index (χ2n) is 10.9. The number of allylic oxidation sites excluding steroid dienone is 4. The van der Waals surface area contributed by atoms with Crippen molar-refractivity contribution in [3.05, 3.63) is 23.3 Å². The van der Waals surface area contributed by atoms with Gasteiger partial charge in [0.25, 0.3) is 0 Å². The Bertz CT molecular complexity index is 566. The van der Waals surface area contributed by atoms with Gasteiger partial charge in [-0.3, -0.25) is 0 Å². The molecule has 4 fully saturated rings. The highest BCUT2D eigenvalue weighted by atomic mass is 14.7. The van der Waals surface area contributed by atoms with Crippen LogP contribution in [0.4, 0.5) is 0 Å². The van der Waals surface area contributed by atoms with E-state index in [1.165, 1.54) is 12.8 Å². The minimum Gasteiger partial charge on any atom is -0.0801 e. The van der Waals surface area contributed by atoms with Crippen LogP contribution in [0.25, 0.3) is 0 Å². The van der Waals surface area contributed by atoms with Gasteiger partial charge >= 0.3 is 0 Å². The van der Waals surface area contributed by atoms with Crippen molar-refractivity contribution < 1.29 is 0 Å². The summed E-state index contributed by atoms with van der Waals surface area (Å²) in [5.74, 6) is 5.67. The molecule has 0 heterocycles. The van der Waals surface area contributed by atoms with Gasteiger partial charge in [0.1, 0.15) is 0 Å². The fourth-order valence-corrected chi connectivity index (χ4v) is 8.84. The molecule has 132 valence electrons. The van der Waals surface area contributed by atoms with Gasteiger partial charge < -0.3 is 0 Å². The summed E-state index contributed by atoms with van der Waals surface area (Å²) in [6.07, 6.45) is 17.2. The standard InChI is InChI=1S/C24H36/c1-15(2)21-14-24(16(3)4,22-7-5-6-20(21)22)23-11-17-8-18(12-23)10-19(9-17)13-23/h5,7,15-19,21H,6,8-14H2,1-4H3. The molecule has 6 rings (SSSR count). The van der Waals surface area contributed by atoms with E-state index in [0.29, 0.717) is 10.8 Å². The van der Waals surface area contributed by atoms with Gasteiger partial charge in [0, 0.05) is 5.41 Å². The molecule has 0 heteroatoms. The topological polar surface area (TPSA) is 0 Å². The summed E-state index contributed by atoms with van der Waals surface area (Å²) < 4.78 is 0. The van der Waals surface area contributed by atoms with Crippen LogP contribution in [0.3, 0.4) is 0 Å². The predicted molar refractivity (Wildman–Crippen MR) is 102 cm³/mol. The minimum atomic E-state index is 0.500. The van der Waals surface area contributed by atoms with Gasteiger partial charge in [-0.15, -0.1) is 0 Å². The van der Waals surface area contributed by atoms with Crippen molar-refractivity contribution in [1.29, 1.82) is 0 Å². The summed E-state index contributed by atoms with van der Waals surface area (Å²) in [6.45, 7) is 10.1. The monoisotopic (exact) mass is 324 g/mol. The van der Waals surface area contributed by atoms with Gasteiger partial charge in [0.15, 0.2) is 0 Å². The maximum Gasteiger partial charge on any atom is 0.00381 e. The molecule has 0 spiro atoms. The van der Waals surface area contributed by atoms with Crippen molar-refractivity contribution in [2.45, 2.75) is 79.1 Å². The largest absolute Gasteiger partial charge is 0.0801 e. The molecular formula is C24H36. The smallest absolute Gasteiger partial charge is 0.00381 e. The Morgan fingerprint density at radius 1 is 0.875 bits per heavy atom. The third-order valence-corrected chi connectivity index (χ3v) is 9.21. The molecule has 0 radical (unpaired) electrons. The van der Waals surface area contributed by atoms with E-state index in [-0.39, 0.29) is 0 Å². The van der Waals surface area contributed by atoms with Crippen molar-refractivity contribution in [3.8, 4) is 0 Å². The molecular weight excluding hydrogens is 288 g/mol. The van der Waals surface area contributed by atoms with Crippen LogP contribution in [0.5, 0.6) is 0 Å². The molecule has 0 amide bonds. The van der Waals surface area contributed by atoms with Gasteiger partial charge in [0.2, 0.25) is 0 Å². The molecule has 6 aliphatic carbocycles. The quantitative estimate of drug-likeness (QED) is 0.537. The zero-order valence-electron chi connectivity index (χ0n) is 16.3. The minimum absolute atomic E-state index is 0.500. The first-order valence-electron chi connectivity index (χ1n) is 10.9. The third kappa shape index (κ3) is 1.81. The average molecular weight is 325 g/mol. The normalized spacial score (nSPS) is 49.1. The molecule has 0 saturated heterocycles. The first-order chi connectivity index (χ1) is 11.4. The number of hydrogen-bond donors (Lipinski definition) is 0. The van der Waals surface area contributed by atoms with Gasteiger partial charge in [-0.05, 0) is 97.9 Å². The van der Waals surface area contributed by atoms with E-state index < -0.39 is 0 Å².